The first kappa shape index (κ1) is 11.0. The minimum absolute atomic E-state index is 0.234. The van der Waals surface area contributed by atoms with Crippen molar-refractivity contribution in [2.24, 2.45) is 5.73 Å². The van der Waals surface area contributed by atoms with Crippen LogP contribution in [0.25, 0.3) is 0 Å². The van der Waals surface area contributed by atoms with E-state index in [0.29, 0.717) is 0 Å². The van der Waals surface area contributed by atoms with Crippen molar-refractivity contribution in [2.45, 2.75) is 25.8 Å². The molecule has 3 heteroatoms. The quantitative estimate of drug-likeness (QED) is 0.888. The van der Waals surface area contributed by atoms with Gasteiger partial charge in [-0.2, -0.15) is 0 Å². The number of benzene rings is 1. The molecule has 1 nitrogen and oxygen atoms in total. The van der Waals surface area contributed by atoms with Gasteiger partial charge in [-0.1, -0.05) is 40.5 Å². The van der Waals surface area contributed by atoms with E-state index in [9.17, 15) is 0 Å². The Bertz CT molecular complexity index is 288. The zero-order valence-electron chi connectivity index (χ0n) is 7.56. The molecule has 1 atom stereocenters. The summed E-state index contributed by atoms with van der Waals surface area (Å²) < 4.78 is 1.05. The molecule has 0 saturated heterocycles. The van der Waals surface area contributed by atoms with Crippen LogP contribution in [-0.4, -0.2) is 6.04 Å². The van der Waals surface area contributed by atoms with E-state index in [0.717, 1.165) is 22.3 Å². The average molecular weight is 263 g/mol. The lowest BCUT2D eigenvalue weighted by Gasteiger charge is -2.10. The summed E-state index contributed by atoms with van der Waals surface area (Å²) in [6.07, 6.45) is 1.89. The fourth-order valence-corrected chi connectivity index (χ4v) is 1.96. The number of nitrogens with two attached hydrogens (primary N) is 1. The Morgan fingerprint density at radius 3 is 2.77 bits per heavy atom. The van der Waals surface area contributed by atoms with Gasteiger partial charge in [0.25, 0.3) is 0 Å². The lowest BCUT2D eigenvalue weighted by Crippen LogP contribution is -2.21. The predicted molar refractivity (Wildman–Crippen MR) is 61.1 cm³/mol. The average Bonchev–Trinajstić information content (AvgIpc) is 2.09. The zero-order chi connectivity index (χ0) is 9.84. The van der Waals surface area contributed by atoms with Crippen LogP contribution in [0.4, 0.5) is 0 Å². The fraction of sp³-hybridized carbons (Fsp3) is 0.400. The van der Waals surface area contributed by atoms with Gasteiger partial charge in [-0.25, -0.2) is 0 Å². The van der Waals surface area contributed by atoms with Crippen LogP contribution in [0, 0.1) is 0 Å². The van der Waals surface area contributed by atoms with Crippen molar-refractivity contribution >= 4 is 27.5 Å². The van der Waals surface area contributed by atoms with E-state index >= 15 is 0 Å². The summed E-state index contributed by atoms with van der Waals surface area (Å²) >= 11 is 9.29. The molecule has 1 unspecified atom stereocenters. The van der Waals surface area contributed by atoms with Crippen LogP contribution in [0.3, 0.4) is 0 Å². The molecule has 0 spiro atoms. The highest BCUT2D eigenvalue weighted by Crippen LogP contribution is 2.22. The van der Waals surface area contributed by atoms with Crippen LogP contribution in [0.2, 0.25) is 5.02 Å². The Hall–Kier alpha value is -0.0500. The predicted octanol–water partition coefficient (Wildman–Crippen LogP) is 3.38. The van der Waals surface area contributed by atoms with Gasteiger partial charge in [0.2, 0.25) is 0 Å². The fourth-order valence-electron chi connectivity index (χ4n) is 1.11. The normalized spacial score (nSPS) is 12.9. The highest BCUT2D eigenvalue weighted by molar-refractivity contribution is 9.10. The molecule has 0 aliphatic heterocycles. The Labute approximate surface area is 92.4 Å². The molecule has 0 aliphatic carbocycles. The van der Waals surface area contributed by atoms with Gasteiger partial charge in [0, 0.05) is 15.5 Å². The topological polar surface area (TPSA) is 26.0 Å². The van der Waals surface area contributed by atoms with Crippen molar-refractivity contribution in [1.82, 2.24) is 0 Å². The van der Waals surface area contributed by atoms with Gasteiger partial charge in [-0.05, 0) is 30.5 Å². The summed E-state index contributed by atoms with van der Waals surface area (Å²) in [7, 11) is 0. The molecule has 1 aromatic carbocycles. The van der Waals surface area contributed by atoms with Gasteiger partial charge in [0.15, 0.2) is 0 Å². The van der Waals surface area contributed by atoms with E-state index < -0.39 is 0 Å². The summed E-state index contributed by atoms with van der Waals surface area (Å²) in [6, 6.07) is 6.04. The number of halogens is 2. The molecule has 0 radical (unpaired) electrons. The van der Waals surface area contributed by atoms with Crippen molar-refractivity contribution in [2.75, 3.05) is 0 Å². The number of hydrogen-bond acceptors (Lipinski definition) is 1. The Morgan fingerprint density at radius 1 is 1.54 bits per heavy atom. The first-order chi connectivity index (χ1) is 6.13. The molecule has 0 aliphatic rings. The SMILES string of the molecule is CCC(N)Cc1ccc(Cl)cc1Br. The van der Waals surface area contributed by atoms with E-state index in [1.54, 1.807) is 0 Å². The molecular formula is C10H13BrClN. The van der Waals surface area contributed by atoms with Gasteiger partial charge >= 0.3 is 0 Å². The van der Waals surface area contributed by atoms with Crippen LogP contribution < -0.4 is 5.73 Å². The lowest BCUT2D eigenvalue weighted by molar-refractivity contribution is 0.645. The first-order valence-electron chi connectivity index (χ1n) is 4.33. The van der Waals surface area contributed by atoms with Crippen LogP contribution >= 0.6 is 27.5 Å². The molecule has 0 aromatic heterocycles. The Balaban J connectivity index is 2.77. The molecule has 72 valence electrons. The van der Waals surface area contributed by atoms with E-state index in [1.165, 1.54) is 5.56 Å². The third-order valence-electron chi connectivity index (χ3n) is 2.02. The molecule has 0 fully saturated rings. The largest absolute Gasteiger partial charge is 0.327 e. The molecule has 0 saturated carbocycles. The van der Waals surface area contributed by atoms with Crippen LogP contribution in [0.5, 0.6) is 0 Å². The summed E-state index contributed by atoms with van der Waals surface area (Å²) in [5, 5.41) is 0.751. The van der Waals surface area contributed by atoms with Crippen molar-refractivity contribution in [1.29, 1.82) is 0 Å². The smallest absolute Gasteiger partial charge is 0.0417 e. The summed E-state index contributed by atoms with van der Waals surface area (Å²) in [6.45, 7) is 2.09. The highest BCUT2D eigenvalue weighted by atomic mass is 79.9. The van der Waals surface area contributed by atoms with Crippen molar-refractivity contribution in [3.8, 4) is 0 Å². The van der Waals surface area contributed by atoms with Gasteiger partial charge in [-0.3, -0.25) is 0 Å². The maximum Gasteiger partial charge on any atom is 0.0417 e. The molecule has 13 heavy (non-hydrogen) atoms. The monoisotopic (exact) mass is 261 g/mol. The maximum atomic E-state index is 5.86. The van der Waals surface area contributed by atoms with Gasteiger partial charge in [0.05, 0.1) is 0 Å². The zero-order valence-corrected chi connectivity index (χ0v) is 9.90. The lowest BCUT2D eigenvalue weighted by atomic mass is 10.1. The van der Waals surface area contributed by atoms with E-state index in [2.05, 4.69) is 22.9 Å². The summed E-state index contributed by atoms with van der Waals surface area (Å²) in [5.74, 6) is 0. The second-order valence-corrected chi connectivity index (χ2v) is 4.40. The second-order valence-electron chi connectivity index (χ2n) is 3.11. The molecular weight excluding hydrogens is 249 g/mol. The van der Waals surface area contributed by atoms with Crippen molar-refractivity contribution < 1.29 is 0 Å². The second kappa shape index (κ2) is 4.99. The Morgan fingerprint density at radius 2 is 2.23 bits per heavy atom. The van der Waals surface area contributed by atoms with Gasteiger partial charge < -0.3 is 5.73 Å². The minimum atomic E-state index is 0.234. The standard InChI is InChI=1S/C10H13BrClN/c1-2-9(13)5-7-3-4-8(12)6-10(7)11/h3-4,6,9H,2,5,13H2,1H3. The third kappa shape index (κ3) is 3.29. The summed E-state index contributed by atoms with van der Waals surface area (Å²) in [4.78, 5) is 0. The van der Waals surface area contributed by atoms with Crippen LogP contribution in [-0.2, 0) is 6.42 Å². The van der Waals surface area contributed by atoms with Crippen LogP contribution in [0.15, 0.2) is 22.7 Å². The molecule has 1 rings (SSSR count). The van der Waals surface area contributed by atoms with Gasteiger partial charge in [-0.15, -0.1) is 0 Å². The molecule has 0 amide bonds. The maximum absolute atomic E-state index is 5.86. The number of hydrogen-bond donors (Lipinski definition) is 1. The summed E-state index contributed by atoms with van der Waals surface area (Å²) in [5.41, 5.74) is 7.08. The van der Waals surface area contributed by atoms with Crippen molar-refractivity contribution in [3.63, 3.8) is 0 Å². The molecule has 0 bridgehead atoms. The first-order valence-corrected chi connectivity index (χ1v) is 5.50. The molecule has 1 aromatic rings. The minimum Gasteiger partial charge on any atom is -0.327 e. The van der Waals surface area contributed by atoms with E-state index in [1.807, 2.05) is 18.2 Å². The molecule has 2 N–H and O–H groups in total. The molecule has 0 heterocycles. The van der Waals surface area contributed by atoms with Crippen LogP contribution in [0.1, 0.15) is 18.9 Å². The van der Waals surface area contributed by atoms with Crippen molar-refractivity contribution in [3.05, 3.63) is 33.3 Å². The van der Waals surface area contributed by atoms with Gasteiger partial charge in [0.1, 0.15) is 0 Å². The third-order valence-corrected chi connectivity index (χ3v) is 2.99. The van der Waals surface area contributed by atoms with E-state index in [4.69, 9.17) is 17.3 Å². The van der Waals surface area contributed by atoms with E-state index in [-0.39, 0.29) is 6.04 Å². The number of rotatable bonds is 3. The highest BCUT2D eigenvalue weighted by Gasteiger charge is 2.05. The Kier molecular flexibility index (Phi) is 4.23.